The fourth-order valence-corrected chi connectivity index (χ4v) is 4.84. The first-order valence-corrected chi connectivity index (χ1v) is 11.8. The molecule has 6 nitrogen and oxygen atoms in total. The lowest BCUT2D eigenvalue weighted by atomic mass is 9.91. The Hall–Kier alpha value is -3.20. The predicted molar refractivity (Wildman–Crippen MR) is 114 cm³/mol. The second-order valence-corrected chi connectivity index (χ2v) is 9.59. The fraction of sp³-hybridized carbons (Fsp3) is 0.391. The maximum atomic E-state index is 13.4. The van der Waals surface area contributed by atoms with Crippen LogP contribution in [0.4, 0.5) is 35.1 Å². The summed E-state index contributed by atoms with van der Waals surface area (Å²) in [5.74, 6) is -1.35. The molecule has 2 heterocycles. The van der Waals surface area contributed by atoms with Gasteiger partial charge in [0.25, 0.3) is 0 Å². The molecule has 1 aromatic carbocycles. The van der Waals surface area contributed by atoms with Crippen LogP contribution in [0.2, 0.25) is 0 Å². The Morgan fingerprint density at radius 2 is 1.74 bits per heavy atom. The number of alkyl halides is 8. The van der Waals surface area contributed by atoms with Gasteiger partial charge in [-0.25, -0.2) is 4.98 Å². The number of thiazole rings is 1. The summed E-state index contributed by atoms with van der Waals surface area (Å²) in [6.45, 7) is -3.17. The predicted octanol–water partition coefficient (Wildman–Crippen LogP) is 5.50. The Labute approximate surface area is 213 Å². The Morgan fingerprint density at radius 3 is 2.32 bits per heavy atom. The molecule has 1 fully saturated rings. The second kappa shape index (κ2) is 10.2. The maximum Gasteiger partial charge on any atom is 0.433 e. The molecule has 1 aliphatic rings. The van der Waals surface area contributed by atoms with Gasteiger partial charge in [0.05, 0.1) is 6.10 Å². The summed E-state index contributed by atoms with van der Waals surface area (Å²) in [4.78, 5) is 3.19. The molecule has 15 heteroatoms. The molecule has 38 heavy (non-hydrogen) atoms. The van der Waals surface area contributed by atoms with Gasteiger partial charge in [-0.2, -0.15) is 35.1 Å². The zero-order valence-electron chi connectivity index (χ0n) is 19.0. The highest BCUT2D eigenvalue weighted by molar-refractivity contribution is 7.11. The number of benzene rings is 1. The topological polar surface area (TPSA) is 75.7 Å². The van der Waals surface area contributed by atoms with Crippen LogP contribution in [0.3, 0.4) is 0 Å². The molecule has 3 aromatic rings. The second-order valence-electron chi connectivity index (χ2n) is 8.52. The van der Waals surface area contributed by atoms with E-state index in [1.807, 2.05) is 0 Å². The van der Waals surface area contributed by atoms with Crippen molar-refractivity contribution in [3.8, 4) is 11.5 Å². The van der Waals surface area contributed by atoms with Gasteiger partial charge in [-0.05, 0) is 43.0 Å². The number of pyridine rings is 1. The molecule has 2 N–H and O–H groups in total. The van der Waals surface area contributed by atoms with Crippen molar-refractivity contribution in [1.29, 1.82) is 0 Å². The fourth-order valence-electron chi connectivity index (χ4n) is 3.66. The SMILES string of the molecule is O[n+]1cccc(CC(c2ccc(OC(F)F)c(OC3CC3)c2)c2cnc(C(O)(C(F)(F)F)C(F)(F)F)s2)c1. The summed E-state index contributed by atoms with van der Waals surface area (Å²) >= 11 is 0.00443. The third-order valence-corrected chi connectivity index (χ3v) is 6.91. The molecule has 206 valence electrons. The van der Waals surface area contributed by atoms with Crippen molar-refractivity contribution < 1.29 is 59.6 Å². The Morgan fingerprint density at radius 1 is 1.05 bits per heavy atom. The summed E-state index contributed by atoms with van der Waals surface area (Å²) in [6, 6.07) is 6.80. The minimum Gasteiger partial charge on any atom is -0.487 e. The van der Waals surface area contributed by atoms with Crippen molar-refractivity contribution in [2.45, 2.75) is 55.8 Å². The molecule has 1 atom stereocenters. The van der Waals surface area contributed by atoms with Gasteiger partial charge in [0, 0.05) is 33.4 Å². The van der Waals surface area contributed by atoms with Crippen LogP contribution in [0.1, 0.15) is 39.8 Å². The number of aromatic nitrogens is 2. The van der Waals surface area contributed by atoms with E-state index in [0.29, 0.717) is 23.1 Å². The van der Waals surface area contributed by atoms with Crippen molar-refractivity contribution >= 4 is 11.3 Å². The summed E-state index contributed by atoms with van der Waals surface area (Å²) in [5, 5.41) is 17.9. The first-order valence-electron chi connectivity index (χ1n) is 11.0. The van der Waals surface area contributed by atoms with E-state index in [-0.39, 0.29) is 45.8 Å². The molecule has 1 aliphatic carbocycles. The minimum atomic E-state index is -6.11. The minimum absolute atomic E-state index is 0.00443. The quantitative estimate of drug-likeness (QED) is 0.202. The van der Waals surface area contributed by atoms with Crippen molar-refractivity contribution in [2.24, 2.45) is 0 Å². The maximum absolute atomic E-state index is 13.4. The van der Waals surface area contributed by atoms with Crippen LogP contribution in [-0.4, -0.2) is 40.4 Å². The van der Waals surface area contributed by atoms with Gasteiger partial charge in [0.1, 0.15) is 5.01 Å². The Kier molecular flexibility index (Phi) is 7.45. The summed E-state index contributed by atoms with van der Waals surface area (Å²) in [7, 11) is 0. The number of hydrogen-bond donors (Lipinski definition) is 2. The lowest BCUT2D eigenvalue weighted by Gasteiger charge is -2.30. The molecule has 0 bridgehead atoms. The highest BCUT2D eigenvalue weighted by atomic mass is 32.1. The van der Waals surface area contributed by atoms with Gasteiger partial charge in [0.15, 0.2) is 11.5 Å². The largest absolute Gasteiger partial charge is 0.487 e. The van der Waals surface area contributed by atoms with E-state index in [1.54, 1.807) is 6.07 Å². The molecule has 1 saturated carbocycles. The van der Waals surface area contributed by atoms with Crippen LogP contribution < -0.4 is 14.2 Å². The number of rotatable bonds is 9. The third-order valence-electron chi connectivity index (χ3n) is 5.69. The van der Waals surface area contributed by atoms with Gasteiger partial charge in [-0.15, -0.1) is 11.3 Å². The standard InChI is InChI=1S/C23H19F8N2O4S/c24-20(25)37-16-6-3-13(9-17(16)36-14-4-5-14)15(8-12-2-1-7-33(35)11-12)18-10-32-19(38-18)21(34,22(26,27)28)23(29,30)31/h1-3,6-7,9-11,14-15,20,34-35H,4-5,8H2/q+1. The lowest BCUT2D eigenvalue weighted by molar-refractivity contribution is -0.905. The molecule has 0 aliphatic heterocycles. The lowest BCUT2D eigenvalue weighted by Crippen LogP contribution is -2.53. The van der Waals surface area contributed by atoms with Gasteiger partial charge in [-0.1, -0.05) is 6.07 Å². The Balaban J connectivity index is 1.80. The molecule has 0 radical (unpaired) electrons. The smallest absolute Gasteiger partial charge is 0.433 e. The molecule has 0 saturated heterocycles. The van der Waals surface area contributed by atoms with E-state index >= 15 is 0 Å². The van der Waals surface area contributed by atoms with Crippen LogP contribution in [0, 0.1) is 0 Å². The van der Waals surface area contributed by atoms with Gasteiger partial charge in [0.2, 0.25) is 12.4 Å². The van der Waals surface area contributed by atoms with Crippen LogP contribution >= 0.6 is 11.3 Å². The first kappa shape index (κ1) is 27.8. The van der Waals surface area contributed by atoms with Crippen molar-refractivity contribution in [3.63, 3.8) is 0 Å². The average Bonchev–Trinajstić information content (AvgIpc) is 3.48. The number of ether oxygens (including phenoxy) is 2. The number of halogens is 8. The van der Waals surface area contributed by atoms with E-state index in [9.17, 15) is 45.4 Å². The van der Waals surface area contributed by atoms with Crippen molar-refractivity contribution in [3.05, 3.63) is 69.9 Å². The number of aliphatic hydroxyl groups is 1. The highest BCUT2D eigenvalue weighted by Crippen LogP contribution is 2.52. The van der Waals surface area contributed by atoms with Crippen molar-refractivity contribution in [1.82, 2.24) is 4.98 Å². The van der Waals surface area contributed by atoms with E-state index in [0.717, 1.165) is 12.3 Å². The summed E-state index contributed by atoms with van der Waals surface area (Å²) in [6.07, 6.45) is -7.88. The molecule has 0 amide bonds. The van der Waals surface area contributed by atoms with Crippen molar-refractivity contribution in [2.75, 3.05) is 0 Å². The van der Waals surface area contributed by atoms with Crippen LogP contribution in [0.5, 0.6) is 11.5 Å². The molecule has 1 unspecified atom stereocenters. The van der Waals surface area contributed by atoms with Crippen LogP contribution in [0.25, 0.3) is 0 Å². The summed E-state index contributed by atoms with van der Waals surface area (Å²) < 4.78 is 117. The highest BCUT2D eigenvalue weighted by Gasteiger charge is 2.73. The molecule has 4 rings (SSSR count). The van der Waals surface area contributed by atoms with Gasteiger partial charge in [-0.3, -0.25) is 5.21 Å². The average molecular weight is 571 g/mol. The van der Waals surface area contributed by atoms with E-state index < -0.39 is 35.5 Å². The first-order chi connectivity index (χ1) is 17.7. The monoisotopic (exact) mass is 571 g/mol. The van der Waals surface area contributed by atoms with Gasteiger partial charge >= 0.3 is 24.6 Å². The van der Waals surface area contributed by atoms with Crippen LogP contribution in [-0.2, 0) is 12.0 Å². The third kappa shape index (κ3) is 5.77. The molecule has 2 aromatic heterocycles. The van der Waals surface area contributed by atoms with E-state index in [2.05, 4.69) is 9.72 Å². The number of nitrogens with zero attached hydrogens (tertiary/aromatic N) is 2. The number of hydrogen-bond acceptors (Lipinski definition) is 6. The summed E-state index contributed by atoms with van der Waals surface area (Å²) in [5.41, 5.74) is -4.51. The zero-order valence-corrected chi connectivity index (χ0v) is 19.8. The van der Waals surface area contributed by atoms with Crippen LogP contribution in [0.15, 0.2) is 48.9 Å². The molecule has 0 spiro atoms. The molecular formula is C23H19F8N2O4S+. The van der Waals surface area contributed by atoms with Gasteiger partial charge < -0.3 is 14.6 Å². The Bertz CT molecular complexity index is 1260. The van der Waals surface area contributed by atoms with E-state index in [1.165, 1.54) is 30.6 Å². The zero-order chi connectivity index (χ0) is 27.9. The van der Waals surface area contributed by atoms with E-state index in [4.69, 9.17) is 4.74 Å². The molecular weight excluding hydrogens is 552 g/mol. The normalized spacial score (nSPS) is 15.5.